The number of hydrogen-bond donors (Lipinski definition) is 1. The van der Waals surface area contributed by atoms with Crippen LogP contribution in [0.4, 0.5) is 5.69 Å². The molecule has 4 nitrogen and oxygen atoms in total. The zero-order valence-electron chi connectivity index (χ0n) is 14.0. The number of aromatic nitrogens is 2. The number of aryl methyl sites for hydroxylation is 4. The lowest BCUT2D eigenvalue weighted by molar-refractivity contribution is 0.102. The molecule has 0 aliphatic rings. The van der Waals surface area contributed by atoms with E-state index in [0.717, 1.165) is 40.3 Å². The first kappa shape index (κ1) is 15.3. The fraction of sp³-hybridized carbons (Fsp3) is 0.263. The Morgan fingerprint density at radius 3 is 2.48 bits per heavy atom. The fourth-order valence-electron chi connectivity index (χ4n) is 2.93. The minimum atomic E-state index is -0.108. The van der Waals surface area contributed by atoms with E-state index in [-0.39, 0.29) is 5.91 Å². The molecule has 2 heterocycles. The lowest BCUT2D eigenvalue weighted by Gasteiger charge is -2.08. The van der Waals surface area contributed by atoms with Crippen molar-refractivity contribution in [2.45, 2.75) is 34.1 Å². The normalized spacial score (nSPS) is 11.0. The highest BCUT2D eigenvalue weighted by atomic mass is 16.1. The van der Waals surface area contributed by atoms with Gasteiger partial charge in [0.25, 0.3) is 5.91 Å². The maximum Gasteiger partial charge on any atom is 0.257 e. The number of imidazole rings is 1. The number of amides is 1. The zero-order chi connectivity index (χ0) is 16.6. The number of rotatable bonds is 3. The molecule has 0 radical (unpaired) electrons. The Labute approximate surface area is 136 Å². The van der Waals surface area contributed by atoms with Crippen LogP contribution in [0.3, 0.4) is 0 Å². The third kappa shape index (κ3) is 2.97. The van der Waals surface area contributed by atoms with Crippen LogP contribution in [0.1, 0.15) is 39.8 Å². The molecule has 23 heavy (non-hydrogen) atoms. The molecule has 0 saturated heterocycles. The van der Waals surface area contributed by atoms with Crippen LogP contribution in [-0.4, -0.2) is 15.3 Å². The third-order valence-corrected chi connectivity index (χ3v) is 4.03. The topological polar surface area (TPSA) is 46.4 Å². The Morgan fingerprint density at radius 2 is 1.83 bits per heavy atom. The molecule has 0 atom stereocenters. The molecule has 2 aromatic heterocycles. The van der Waals surface area contributed by atoms with Crippen LogP contribution < -0.4 is 5.32 Å². The van der Waals surface area contributed by atoms with Crippen molar-refractivity contribution in [3.63, 3.8) is 0 Å². The Bertz CT molecular complexity index is 873. The largest absolute Gasteiger partial charge is 0.322 e. The van der Waals surface area contributed by atoms with Crippen molar-refractivity contribution in [3.8, 4) is 0 Å². The highest BCUT2D eigenvalue weighted by Crippen LogP contribution is 2.17. The molecule has 118 valence electrons. The lowest BCUT2D eigenvalue weighted by atomic mass is 10.1. The summed E-state index contributed by atoms with van der Waals surface area (Å²) < 4.78 is 1.98. The highest BCUT2D eigenvalue weighted by Gasteiger charge is 2.11. The van der Waals surface area contributed by atoms with Gasteiger partial charge in [0.05, 0.1) is 11.3 Å². The number of hydrogen-bond acceptors (Lipinski definition) is 2. The molecule has 3 aromatic rings. The third-order valence-electron chi connectivity index (χ3n) is 4.03. The maximum absolute atomic E-state index is 12.5. The predicted molar refractivity (Wildman–Crippen MR) is 93.2 cm³/mol. The quantitative estimate of drug-likeness (QED) is 0.792. The maximum atomic E-state index is 12.5. The van der Waals surface area contributed by atoms with Gasteiger partial charge in [0, 0.05) is 17.6 Å². The number of anilines is 1. The Kier molecular flexibility index (Phi) is 3.90. The molecular formula is C19H21N3O. The number of benzene rings is 1. The second kappa shape index (κ2) is 5.88. The van der Waals surface area contributed by atoms with Gasteiger partial charge in [0.1, 0.15) is 5.65 Å². The summed E-state index contributed by atoms with van der Waals surface area (Å²) in [6.07, 6.45) is 2.74. The summed E-state index contributed by atoms with van der Waals surface area (Å²) in [4.78, 5) is 17.1. The summed E-state index contributed by atoms with van der Waals surface area (Å²) in [5.74, 6) is -0.108. The zero-order valence-corrected chi connectivity index (χ0v) is 14.0. The summed E-state index contributed by atoms with van der Waals surface area (Å²) in [5, 5.41) is 2.97. The van der Waals surface area contributed by atoms with E-state index in [2.05, 4.69) is 23.3 Å². The lowest BCUT2D eigenvalue weighted by Crippen LogP contribution is -2.13. The molecule has 1 aromatic carbocycles. The van der Waals surface area contributed by atoms with Crippen molar-refractivity contribution in [3.05, 3.63) is 64.6 Å². The molecule has 3 rings (SSSR count). The highest BCUT2D eigenvalue weighted by molar-refractivity contribution is 6.04. The van der Waals surface area contributed by atoms with E-state index in [1.165, 1.54) is 0 Å². The molecule has 4 heteroatoms. The van der Waals surface area contributed by atoms with Crippen LogP contribution >= 0.6 is 0 Å². The SMILES string of the molecule is CCc1nc2ccc(C(=O)Nc3cc(C)cc(C)c3)cn2c1C. The number of nitrogens with one attached hydrogen (secondary N) is 1. The Balaban J connectivity index is 1.92. The second-order valence-electron chi connectivity index (χ2n) is 5.97. The van der Waals surface area contributed by atoms with Crippen molar-refractivity contribution in [2.75, 3.05) is 5.32 Å². The average molecular weight is 307 g/mol. The first-order valence-corrected chi connectivity index (χ1v) is 7.85. The van der Waals surface area contributed by atoms with Crippen LogP contribution in [0.5, 0.6) is 0 Å². The Hall–Kier alpha value is -2.62. The van der Waals surface area contributed by atoms with Gasteiger partial charge in [-0.3, -0.25) is 4.79 Å². The second-order valence-corrected chi connectivity index (χ2v) is 5.97. The van der Waals surface area contributed by atoms with Crippen LogP contribution in [0.25, 0.3) is 5.65 Å². The molecule has 0 aliphatic carbocycles. The van der Waals surface area contributed by atoms with Crippen molar-refractivity contribution >= 4 is 17.2 Å². The molecule has 0 unspecified atom stereocenters. The molecular weight excluding hydrogens is 286 g/mol. The van der Waals surface area contributed by atoms with E-state index in [1.807, 2.05) is 55.6 Å². The average Bonchev–Trinajstić information content (AvgIpc) is 2.82. The van der Waals surface area contributed by atoms with Crippen LogP contribution in [-0.2, 0) is 6.42 Å². The van der Waals surface area contributed by atoms with Crippen LogP contribution in [0.15, 0.2) is 36.5 Å². The predicted octanol–water partition coefficient (Wildman–Crippen LogP) is 4.07. The van der Waals surface area contributed by atoms with Crippen molar-refractivity contribution in [1.29, 1.82) is 0 Å². The summed E-state index contributed by atoms with van der Waals surface area (Å²) in [6, 6.07) is 9.74. The molecule has 0 saturated carbocycles. The summed E-state index contributed by atoms with van der Waals surface area (Å²) in [5.41, 5.74) is 6.74. The van der Waals surface area contributed by atoms with E-state index >= 15 is 0 Å². The van der Waals surface area contributed by atoms with Gasteiger partial charge in [0.2, 0.25) is 0 Å². The molecule has 1 amide bonds. The van der Waals surface area contributed by atoms with Gasteiger partial charge >= 0.3 is 0 Å². The van der Waals surface area contributed by atoms with Crippen molar-refractivity contribution < 1.29 is 4.79 Å². The van der Waals surface area contributed by atoms with E-state index < -0.39 is 0 Å². The van der Waals surface area contributed by atoms with E-state index in [9.17, 15) is 4.79 Å². The smallest absolute Gasteiger partial charge is 0.257 e. The summed E-state index contributed by atoms with van der Waals surface area (Å²) >= 11 is 0. The minimum absolute atomic E-state index is 0.108. The van der Waals surface area contributed by atoms with Gasteiger partial charge < -0.3 is 9.72 Å². The molecule has 0 bridgehead atoms. The molecule has 0 fully saturated rings. The standard InChI is InChI=1S/C19H21N3O/c1-5-17-14(4)22-11-15(6-7-18(22)21-17)19(23)20-16-9-12(2)8-13(3)10-16/h6-11H,5H2,1-4H3,(H,20,23). The van der Waals surface area contributed by atoms with Gasteiger partial charge in [-0.1, -0.05) is 13.0 Å². The summed E-state index contributed by atoms with van der Waals surface area (Å²) in [6.45, 7) is 8.17. The number of fused-ring (bicyclic) bond motifs is 1. The number of nitrogens with zero attached hydrogens (tertiary/aromatic N) is 2. The summed E-state index contributed by atoms with van der Waals surface area (Å²) in [7, 11) is 0. The van der Waals surface area contributed by atoms with Gasteiger partial charge in [-0.25, -0.2) is 4.98 Å². The number of pyridine rings is 1. The fourth-order valence-corrected chi connectivity index (χ4v) is 2.93. The van der Waals surface area contributed by atoms with Crippen LogP contribution in [0.2, 0.25) is 0 Å². The van der Waals surface area contributed by atoms with Gasteiger partial charge in [-0.2, -0.15) is 0 Å². The van der Waals surface area contributed by atoms with Crippen molar-refractivity contribution in [2.24, 2.45) is 0 Å². The van der Waals surface area contributed by atoms with Gasteiger partial charge in [-0.05, 0) is 62.6 Å². The van der Waals surface area contributed by atoms with Crippen molar-refractivity contribution in [1.82, 2.24) is 9.38 Å². The molecule has 0 aliphatic heterocycles. The van der Waals surface area contributed by atoms with Gasteiger partial charge in [-0.15, -0.1) is 0 Å². The number of carbonyl (C=O) groups excluding carboxylic acids is 1. The first-order chi connectivity index (χ1) is 11.0. The van der Waals surface area contributed by atoms with E-state index in [0.29, 0.717) is 5.56 Å². The molecule has 0 spiro atoms. The number of carbonyl (C=O) groups is 1. The minimum Gasteiger partial charge on any atom is -0.322 e. The van der Waals surface area contributed by atoms with E-state index in [1.54, 1.807) is 0 Å². The Morgan fingerprint density at radius 1 is 1.13 bits per heavy atom. The molecule has 1 N–H and O–H groups in total. The first-order valence-electron chi connectivity index (χ1n) is 7.85. The van der Waals surface area contributed by atoms with Gasteiger partial charge in [0.15, 0.2) is 0 Å². The monoisotopic (exact) mass is 307 g/mol. The van der Waals surface area contributed by atoms with Crippen LogP contribution in [0, 0.1) is 20.8 Å². The van der Waals surface area contributed by atoms with E-state index in [4.69, 9.17) is 0 Å².